The number of anilines is 1. The van der Waals surface area contributed by atoms with Crippen LogP contribution in [0, 0.1) is 0 Å². The molecule has 1 aliphatic rings. The van der Waals surface area contributed by atoms with Gasteiger partial charge in [0.25, 0.3) is 0 Å². The fourth-order valence-corrected chi connectivity index (χ4v) is 5.11. The number of amides is 1. The maximum absolute atomic E-state index is 13.1. The number of nitrogens with zero attached hydrogens (tertiary/aromatic N) is 1. The van der Waals surface area contributed by atoms with Gasteiger partial charge in [-0.15, -0.1) is 11.3 Å². The van der Waals surface area contributed by atoms with Crippen molar-refractivity contribution in [3.63, 3.8) is 0 Å². The van der Waals surface area contributed by atoms with Crippen molar-refractivity contribution < 1.29 is 14.6 Å². The van der Waals surface area contributed by atoms with Gasteiger partial charge in [-0.25, -0.2) is 4.99 Å². The summed E-state index contributed by atoms with van der Waals surface area (Å²) in [5.41, 5.74) is 8.59. The third kappa shape index (κ3) is 6.55. The van der Waals surface area contributed by atoms with Crippen molar-refractivity contribution in [1.82, 2.24) is 5.32 Å². The molecule has 1 saturated heterocycles. The summed E-state index contributed by atoms with van der Waals surface area (Å²) < 4.78 is 6.13. The lowest BCUT2D eigenvalue weighted by atomic mass is 9.79. The molecule has 0 bridgehead atoms. The van der Waals surface area contributed by atoms with Gasteiger partial charge >= 0.3 is 0 Å². The Kier molecular flexibility index (Phi) is 7.85. The predicted octanol–water partition coefficient (Wildman–Crippen LogP) is 5.83. The van der Waals surface area contributed by atoms with E-state index in [2.05, 4.69) is 57.2 Å². The van der Waals surface area contributed by atoms with E-state index in [0.717, 1.165) is 27.4 Å². The van der Waals surface area contributed by atoms with Crippen molar-refractivity contribution in [1.29, 1.82) is 0 Å². The zero-order valence-electron chi connectivity index (χ0n) is 23.0. The minimum absolute atomic E-state index is 0.116. The summed E-state index contributed by atoms with van der Waals surface area (Å²) in [7, 11) is 0. The van der Waals surface area contributed by atoms with E-state index < -0.39 is 0 Å². The lowest BCUT2D eigenvalue weighted by molar-refractivity contribution is -0.117. The second-order valence-electron chi connectivity index (χ2n) is 11.8. The molecule has 1 aliphatic heterocycles. The van der Waals surface area contributed by atoms with Gasteiger partial charge in [-0.1, -0.05) is 47.6 Å². The monoisotopic (exact) mass is 534 g/mol. The fourth-order valence-electron chi connectivity index (χ4n) is 4.48. The van der Waals surface area contributed by atoms with Crippen LogP contribution in [0.4, 0.5) is 11.4 Å². The van der Waals surface area contributed by atoms with Gasteiger partial charge in [0.15, 0.2) is 0 Å². The molecule has 1 unspecified atom stereocenters. The number of hydrogen-bond donors (Lipinski definition) is 4. The van der Waals surface area contributed by atoms with E-state index in [4.69, 9.17) is 10.5 Å². The summed E-state index contributed by atoms with van der Waals surface area (Å²) in [4.78, 5) is 18.5. The summed E-state index contributed by atoms with van der Waals surface area (Å²) in [5, 5.41) is 19.3. The van der Waals surface area contributed by atoms with Gasteiger partial charge in [-0.2, -0.15) is 0 Å². The second kappa shape index (κ2) is 10.8. The molecule has 38 heavy (non-hydrogen) atoms. The van der Waals surface area contributed by atoms with Crippen LogP contribution in [0.25, 0.3) is 0 Å². The van der Waals surface area contributed by atoms with Gasteiger partial charge in [0.2, 0.25) is 5.91 Å². The minimum atomic E-state index is -0.376. The summed E-state index contributed by atoms with van der Waals surface area (Å²) in [6.45, 7) is 12.9. The third-order valence-electron chi connectivity index (χ3n) is 6.56. The molecule has 0 saturated carbocycles. The molecule has 0 spiro atoms. The average molecular weight is 535 g/mol. The maximum atomic E-state index is 13.1. The quantitative estimate of drug-likeness (QED) is 0.181. The van der Waals surface area contributed by atoms with E-state index in [0.29, 0.717) is 30.2 Å². The van der Waals surface area contributed by atoms with E-state index >= 15 is 0 Å². The number of amidine groups is 1. The van der Waals surface area contributed by atoms with Crippen LogP contribution in [0.15, 0.2) is 58.9 Å². The van der Waals surface area contributed by atoms with Crippen molar-refractivity contribution >= 4 is 34.5 Å². The lowest BCUT2D eigenvalue weighted by Crippen LogP contribution is -2.35. The van der Waals surface area contributed by atoms with Crippen LogP contribution in [-0.2, 0) is 15.6 Å². The van der Waals surface area contributed by atoms with Crippen LogP contribution in [-0.4, -0.2) is 35.5 Å². The first-order valence-electron chi connectivity index (χ1n) is 12.9. The third-order valence-corrected chi connectivity index (χ3v) is 7.46. The molecule has 1 amide bonds. The number of nitrogens with two attached hydrogens (primary N) is 1. The Balaban J connectivity index is 1.39. The maximum Gasteiger partial charge on any atom is 0.241 e. The van der Waals surface area contributed by atoms with E-state index in [-0.39, 0.29) is 28.9 Å². The first-order chi connectivity index (χ1) is 17.8. The number of aliphatic imine (C=N–C) groups is 1. The van der Waals surface area contributed by atoms with E-state index in [1.54, 1.807) is 11.3 Å². The molecule has 3 aromatic rings. The number of hydrogen-bond acceptors (Lipinski definition) is 6. The number of aromatic hydroxyl groups is 1. The molecule has 2 aromatic carbocycles. The van der Waals surface area contributed by atoms with Gasteiger partial charge in [-0.3, -0.25) is 4.79 Å². The van der Waals surface area contributed by atoms with Crippen molar-refractivity contribution in [3.8, 4) is 11.5 Å². The number of nitrogens with one attached hydrogen (secondary N) is 2. The van der Waals surface area contributed by atoms with Crippen LogP contribution < -0.4 is 21.1 Å². The lowest BCUT2D eigenvalue weighted by Gasteiger charge is -2.28. The number of phenols is 1. The highest BCUT2D eigenvalue weighted by molar-refractivity contribution is 7.12. The molecule has 2 atom stereocenters. The number of carbonyl (C=O) groups is 1. The Labute approximate surface area is 229 Å². The molecule has 0 radical (unpaired) electrons. The summed E-state index contributed by atoms with van der Waals surface area (Å²) >= 11 is 1.55. The van der Waals surface area contributed by atoms with Gasteiger partial charge in [0.1, 0.15) is 23.4 Å². The topological polar surface area (TPSA) is 109 Å². The SMILES string of the molecule is CC(C)(C)c1cc(NC(=O)[C@@H]2CC(Oc3ccc(N=C(N)c4cccs4)cc3)CN2)cc(C(C)(C)C)c1O. The highest BCUT2D eigenvalue weighted by Gasteiger charge is 2.32. The van der Waals surface area contributed by atoms with Crippen LogP contribution in [0.2, 0.25) is 0 Å². The second-order valence-corrected chi connectivity index (χ2v) is 12.8. The van der Waals surface area contributed by atoms with Gasteiger partial charge in [-0.05, 0) is 58.7 Å². The molecule has 1 fully saturated rings. The van der Waals surface area contributed by atoms with Gasteiger partial charge < -0.3 is 26.2 Å². The van der Waals surface area contributed by atoms with Gasteiger partial charge in [0, 0.05) is 29.8 Å². The number of ether oxygens (including phenoxy) is 1. The number of phenolic OH excluding ortho intramolecular Hbond substituents is 1. The summed E-state index contributed by atoms with van der Waals surface area (Å²) in [6, 6.07) is 14.7. The Morgan fingerprint density at radius 1 is 1.08 bits per heavy atom. The van der Waals surface area contributed by atoms with Crippen molar-refractivity contribution in [3.05, 3.63) is 69.9 Å². The predicted molar refractivity (Wildman–Crippen MR) is 156 cm³/mol. The number of carbonyl (C=O) groups excluding carboxylic acids is 1. The molecule has 8 heteroatoms. The highest BCUT2D eigenvalue weighted by atomic mass is 32.1. The van der Waals surface area contributed by atoms with E-state index in [9.17, 15) is 9.90 Å². The number of rotatable bonds is 6. The molecule has 0 aliphatic carbocycles. The standard InChI is InChI=1S/C30H38N4O3S/c1-29(2,3)22-14-19(15-23(26(22)35)30(4,5)6)34-28(36)24-16-21(17-32-24)37-20-11-9-18(10-12-20)33-27(31)25-8-7-13-38-25/h7-15,21,24,32,35H,16-17H2,1-6H3,(H2,31,33)(H,34,36)/t21?,24-/m0/s1. The van der Waals surface area contributed by atoms with Crippen LogP contribution in [0.3, 0.4) is 0 Å². The summed E-state index contributed by atoms with van der Waals surface area (Å²) in [6.07, 6.45) is 0.416. The molecule has 1 aromatic heterocycles. The first kappa shape index (κ1) is 27.7. The minimum Gasteiger partial charge on any atom is -0.507 e. The van der Waals surface area contributed by atoms with Crippen molar-refractivity contribution in [2.24, 2.45) is 10.7 Å². The zero-order chi connectivity index (χ0) is 27.7. The average Bonchev–Trinajstić information content (AvgIpc) is 3.52. The largest absolute Gasteiger partial charge is 0.507 e. The van der Waals surface area contributed by atoms with Crippen LogP contribution >= 0.6 is 11.3 Å². The Morgan fingerprint density at radius 2 is 1.71 bits per heavy atom. The molecule has 7 nitrogen and oxygen atoms in total. The number of thiophene rings is 1. The molecule has 4 rings (SSSR count). The van der Waals surface area contributed by atoms with Gasteiger partial charge in [0.05, 0.1) is 16.6 Å². The molecule has 2 heterocycles. The Bertz CT molecular complexity index is 1270. The fraction of sp³-hybridized carbons (Fsp3) is 0.400. The normalized spacial score (nSPS) is 18.4. The Hall–Kier alpha value is -3.36. The number of benzene rings is 2. The van der Waals surface area contributed by atoms with Crippen molar-refractivity contribution in [2.45, 2.75) is 70.9 Å². The smallest absolute Gasteiger partial charge is 0.241 e. The van der Waals surface area contributed by atoms with E-state index in [1.807, 2.05) is 53.9 Å². The zero-order valence-corrected chi connectivity index (χ0v) is 23.8. The Morgan fingerprint density at radius 3 is 2.26 bits per heavy atom. The van der Waals surface area contributed by atoms with Crippen molar-refractivity contribution in [2.75, 3.05) is 11.9 Å². The van der Waals surface area contributed by atoms with Crippen LogP contribution in [0.5, 0.6) is 11.5 Å². The first-order valence-corrected chi connectivity index (χ1v) is 13.8. The molecular formula is C30H38N4O3S. The molecule has 202 valence electrons. The molecular weight excluding hydrogens is 496 g/mol. The van der Waals surface area contributed by atoms with E-state index in [1.165, 1.54) is 0 Å². The molecule has 5 N–H and O–H groups in total. The van der Waals surface area contributed by atoms with Crippen LogP contribution in [0.1, 0.15) is 64.0 Å². The highest BCUT2D eigenvalue weighted by Crippen LogP contribution is 2.41. The summed E-state index contributed by atoms with van der Waals surface area (Å²) in [5.74, 6) is 1.38.